The van der Waals surface area contributed by atoms with Gasteiger partial charge in [0.2, 0.25) is 5.78 Å². The van der Waals surface area contributed by atoms with Crippen molar-refractivity contribution in [2.75, 3.05) is 0 Å². The van der Waals surface area contributed by atoms with Crippen LogP contribution in [-0.2, 0) is 4.79 Å². The largest absolute Gasteiger partial charge is 0.482 e. The second-order valence-electron chi connectivity index (χ2n) is 3.33. The average Bonchev–Trinajstić information content (AvgIpc) is 2.37. The smallest absolute Gasteiger partial charge is 0.213 e. The fraction of sp³-hybridized carbons (Fsp3) is 0.167. The topological polar surface area (TPSA) is 50.1 Å². The first-order chi connectivity index (χ1) is 7.22. The minimum Gasteiger partial charge on any atom is -0.482 e. The lowest BCUT2D eigenvalue weighted by molar-refractivity contribution is -0.120. The lowest BCUT2D eigenvalue weighted by Gasteiger charge is -2.11. The van der Waals surface area contributed by atoms with Gasteiger partial charge in [0.05, 0.1) is 5.57 Å². The molecule has 15 heavy (non-hydrogen) atoms. The molecule has 1 heterocycles. The maximum Gasteiger partial charge on any atom is 0.213 e. The van der Waals surface area contributed by atoms with Gasteiger partial charge in [0.25, 0.3) is 0 Å². The SMILES string of the molecule is CC1Oc2ccccc2C=C(C#N)C1=O. The van der Waals surface area contributed by atoms with Crippen molar-refractivity contribution in [2.45, 2.75) is 13.0 Å². The number of nitriles is 1. The molecule has 0 spiro atoms. The van der Waals surface area contributed by atoms with E-state index in [1.807, 2.05) is 24.3 Å². The number of rotatable bonds is 0. The first-order valence-electron chi connectivity index (χ1n) is 4.64. The third-order valence-corrected chi connectivity index (χ3v) is 2.28. The highest BCUT2D eigenvalue weighted by Crippen LogP contribution is 2.26. The molecule has 2 rings (SSSR count). The Kier molecular flexibility index (Phi) is 2.26. The predicted molar refractivity (Wildman–Crippen MR) is 55.1 cm³/mol. The highest BCUT2D eigenvalue weighted by Gasteiger charge is 2.23. The van der Waals surface area contributed by atoms with Gasteiger partial charge in [0, 0.05) is 5.56 Å². The van der Waals surface area contributed by atoms with Crippen LogP contribution in [0.25, 0.3) is 6.08 Å². The third kappa shape index (κ3) is 1.62. The molecule has 0 N–H and O–H groups in total. The van der Waals surface area contributed by atoms with Crippen LogP contribution in [0.2, 0.25) is 0 Å². The summed E-state index contributed by atoms with van der Waals surface area (Å²) in [5.41, 5.74) is 0.916. The Morgan fingerprint density at radius 1 is 1.40 bits per heavy atom. The first kappa shape index (κ1) is 9.47. The molecule has 1 aromatic carbocycles. The van der Waals surface area contributed by atoms with Gasteiger partial charge in [0.1, 0.15) is 11.8 Å². The number of benzene rings is 1. The Morgan fingerprint density at radius 3 is 2.87 bits per heavy atom. The van der Waals surface area contributed by atoms with Gasteiger partial charge in [-0.1, -0.05) is 18.2 Å². The minimum absolute atomic E-state index is 0.146. The summed E-state index contributed by atoms with van der Waals surface area (Å²) < 4.78 is 5.45. The molecule has 3 heteroatoms. The number of Topliss-reactive ketones (excluding diaryl/α,β-unsaturated/α-hetero) is 1. The lowest BCUT2D eigenvalue weighted by atomic mass is 10.1. The molecule has 1 aliphatic rings. The van der Waals surface area contributed by atoms with Crippen LogP contribution in [0.5, 0.6) is 5.75 Å². The van der Waals surface area contributed by atoms with Crippen molar-refractivity contribution in [1.82, 2.24) is 0 Å². The standard InChI is InChI=1S/C12H9NO2/c1-8-12(14)10(7-13)6-9-4-2-3-5-11(9)15-8/h2-6,8H,1H3. The summed E-state index contributed by atoms with van der Waals surface area (Å²) in [7, 11) is 0. The molecule has 74 valence electrons. The number of para-hydroxylation sites is 1. The summed E-state index contributed by atoms with van der Waals surface area (Å²) in [5, 5.41) is 8.84. The Labute approximate surface area is 87.6 Å². The van der Waals surface area contributed by atoms with Crippen LogP contribution in [0.15, 0.2) is 29.8 Å². The summed E-state index contributed by atoms with van der Waals surface area (Å²) in [6.07, 6.45) is 0.973. The monoisotopic (exact) mass is 199 g/mol. The Morgan fingerprint density at radius 2 is 2.13 bits per heavy atom. The van der Waals surface area contributed by atoms with Crippen LogP contribution in [0.4, 0.5) is 0 Å². The molecule has 0 saturated carbocycles. The van der Waals surface area contributed by atoms with E-state index < -0.39 is 6.10 Å². The van der Waals surface area contributed by atoms with E-state index in [-0.39, 0.29) is 11.4 Å². The minimum atomic E-state index is -0.598. The summed E-state index contributed by atoms with van der Waals surface area (Å²) in [5.74, 6) is 0.373. The Hall–Kier alpha value is -2.08. The maximum absolute atomic E-state index is 11.6. The van der Waals surface area contributed by atoms with Gasteiger partial charge < -0.3 is 4.74 Å². The van der Waals surface area contributed by atoms with Crippen LogP contribution >= 0.6 is 0 Å². The van der Waals surface area contributed by atoms with E-state index in [9.17, 15) is 4.79 Å². The molecule has 0 saturated heterocycles. The zero-order valence-corrected chi connectivity index (χ0v) is 8.23. The highest BCUT2D eigenvalue weighted by atomic mass is 16.5. The Balaban J connectivity index is 2.58. The molecule has 0 amide bonds. The van der Waals surface area contributed by atoms with Crippen LogP contribution in [0, 0.1) is 11.3 Å². The van der Waals surface area contributed by atoms with Crippen LogP contribution in [-0.4, -0.2) is 11.9 Å². The van der Waals surface area contributed by atoms with Crippen LogP contribution < -0.4 is 4.74 Å². The van der Waals surface area contributed by atoms with E-state index in [1.165, 1.54) is 0 Å². The molecule has 0 radical (unpaired) electrons. The van der Waals surface area contributed by atoms with Crippen molar-refractivity contribution in [1.29, 1.82) is 5.26 Å². The zero-order chi connectivity index (χ0) is 10.8. The molecule has 0 fully saturated rings. The molecule has 1 aliphatic heterocycles. The molecule has 1 aromatic rings. The fourth-order valence-electron chi connectivity index (χ4n) is 1.48. The molecular weight excluding hydrogens is 190 g/mol. The quantitative estimate of drug-likeness (QED) is 0.641. The number of carbonyl (C=O) groups is 1. The summed E-state index contributed by atoms with van der Waals surface area (Å²) >= 11 is 0. The van der Waals surface area contributed by atoms with E-state index in [4.69, 9.17) is 10.00 Å². The van der Waals surface area contributed by atoms with Crippen molar-refractivity contribution in [3.05, 3.63) is 35.4 Å². The van der Waals surface area contributed by atoms with Crippen LogP contribution in [0.3, 0.4) is 0 Å². The van der Waals surface area contributed by atoms with Gasteiger partial charge >= 0.3 is 0 Å². The predicted octanol–water partition coefficient (Wildman–Crippen LogP) is 1.94. The zero-order valence-electron chi connectivity index (χ0n) is 8.23. The number of hydrogen-bond donors (Lipinski definition) is 0. The second kappa shape index (κ2) is 3.58. The van der Waals surface area contributed by atoms with E-state index in [2.05, 4.69) is 0 Å². The number of fused-ring (bicyclic) bond motifs is 1. The van der Waals surface area contributed by atoms with Crippen LogP contribution in [0.1, 0.15) is 12.5 Å². The van der Waals surface area contributed by atoms with Crippen molar-refractivity contribution >= 4 is 11.9 Å². The first-order valence-corrected chi connectivity index (χ1v) is 4.64. The van der Waals surface area contributed by atoms with Gasteiger partial charge in [-0.15, -0.1) is 0 Å². The number of ketones is 1. The van der Waals surface area contributed by atoms with Crippen molar-refractivity contribution in [3.8, 4) is 11.8 Å². The molecular formula is C12H9NO2. The fourth-order valence-corrected chi connectivity index (χ4v) is 1.48. The van der Waals surface area contributed by atoms with Gasteiger partial charge in [-0.05, 0) is 19.1 Å². The van der Waals surface area contributed by atoms with Crippen molar-refractivity contribution < 1.29 is 9.53 Å². The Bertz CT molecular complexity index is 483. The van der Waals surface area contributed by atoms with Crippen molar-refractivity contribution in [3.63, 3.8) is 0 Å². The summed E-state index contributed by atoms with van der Waals surface area (Å²) in [4.78, 5) is 11.6. The van der Waals surface area contributed by atoms with E-state index in [0.29, 0.717) is 5.75 Å². The summed E-state index contributed by atoms with van der Waals surface area (Å²) in [6.45, 7) is 1.65. The van der Waals surface area contributed by atoms with Gasteiger partial charge in [-0.25, -0.2) is 0 Å². The average molecular weight is 199 g/mol. The van der Waals surface area contributed by atoms with Gasteiger partial charge in [-0.3, -0.25) is 4.79 Å². The second-order valence-corrected chi connectivity index (χ2v) is 3.33. The molecule has 0 aliphatic carbocycles. The maximum atomic E-state index is 11.6. The number of hydrogen-bond acceptors (Lipinski definition) is 3. The molecule has 1 atom stereocenters. The third-order valence-electron chi connectivity index (χ3n) is 2.28. The molecule has 0 aromatic heterocycles. The number of nitrogens with zero attached hydrogens (tertiary/aromatic N) is 1. The molecule has 0 bridgehead atoms. The highest BCUT2D eigenvalue weighted by molar-refractivity contribution is 6.06. The number of carbonyl (C=O) groups excluding carboxylic acids is 1. The lowest BCUT2D eigenvalue weighted by Crippen LogP contribution is -2.23. The van der Waals surface area contributed by atoms with E-state index >= 15 is 0 Å². The normalized spacial score (nSPS) is 19.3. The van der Waals surface area contributed by atoms with Gasteiger partial charge in [0.15, 0.2) is 6.10 Å². The number of ether oxygens (including phenoxy) is 1. The molecule has 3 nitrogen and oxygen atoms in total. The molecule has 1 unspecified atom stereocenters. The van der Waals surface area contributed by atoms with E-state index in [0.717, 1.165) is 5.56 Å². The van der Waals surface area contributed by atoms with Gasteiger partial charge in [-0.2, -0.15) is 5.26 Å². The van der Waals surface area contributed by atoms with E-state index in [1.54, 1.807) is 19.1 Å². The summed E-state index contributed by atoms with van der Waals surface area (Å²) in [6, 6.07) is 9.18. The van der Waals surface area contributed by atoms with Crippen molar-refractivity contribution in [2.24, 2.45) is 0 Å².